The normalized spacial score (nSPS) is 10.2. The van der Waals surface area contributed by atoms with Gasteiger partial charge in [0.05, 0.1) is 13.3 Å². The molecule has 7 nitrogen and oxygen atoms in total. The average Bonchev–Trinajstić information content (AvgIpc) is 2.60. The van der Waals surface area contributed by atoms with Crippen LogP contribution in [0.5, 0.6) is 11.5 Å². The Morgan fingerprint density at radius 2 is 2.04 bits per heavy atom. The fourth-order valence-corrected chi connectivity index (χ4v) is 1.86. The van der Waals surface area contributed by atoms with Crippen LogP contribution in [0.15, 0.2) is 47.6 Å². The Morgan fingerprint density at radius 3 is 2.71 bits per heavy atom. The number of benzene rings is 2. The van der Waals surface area contributed by atoms with Crippen LogP contribution in [0, 0.1) is 11.3 Å². The number of carbonyl (C=O) groups is 1. The van der Waals surface area contributed by atoms with Crippen LogP contribution in [0.2, 0.25) is 0 Å². The van der Waals surface area contributed by atoms with Gasteiger partial charge in [0.1, 0.15) is 6.07 Å². The van der Waals surface area contributed by atoms with Crippen LogP contribution >= 0.6 is 0 Å². The van der Waals surface area contributed by atoms with E-state index in [9.17, 15) is 4.79 Å². The molecule has 3 N–H and O–H groups in total. The largest absolute Gasteiger partial charge is 0.493 e. The number of anilines is 1. The van der Waals surface area contributed by atoms with E-state index in [2.05, 4.69) is 10.5 Å². The molecule has 0 unspecified atom stereocenters. The van der Waals surface area contributed by atoms with Crippen molar-refractivity contribution in [3.05, 3.63) is 53.6 Å². The molecule has 1 amide bonds. The van der Waals surface area contributed by atoms with Crippen molar-refractivity contribution in [2.24, 2.45) is 5.10 Å². The predicted octanol–water partition coefficient (Wildman–Crippen LogP) is 1.94. The molecule has 0 aliphatic heterocycles. The first kappa shape index (κ1) is 16.8. The maximum Gasteiger partial charge on any atom is 0.271 e. The number of nitrogens with zero attached hydrogens (tertiary/aromatic N) is 2. The van der Waals surface area contributed by atoms with Crippen LogP contribution in [0.1, 0.15) is 15.9 Å². The lowest BCUT2D eigenvalue weighted by atomic mass is 10.2. The fraction of sp³-hybridized carbons (Fsp3) is 0.118. The second kappa shape index (κ2) is 8.19. The van der Waals surface area contributed by atoms with Crippen molar-refractivity contribution in [1.82, 2.24) is 5.43 Å². The standard InChI is InChI=1S/C17H16N4O3/c1-23-16-10-12(2-7-15(16)24-9-8-18)11-20-21-17(22)13-3-5-14(19)6-4-13/h2-7,10-11H,9,19H2,1H3,(H,21,22)/b20-11+. The monoisotopic (exact) mass is 324 g/mol. The summed E-state index contributed by atoms with van der Waals surface area (Å²) in [6, 6.07) is 13.5. The van der Waals surface area contributed by atoms with Crippen LogP contribution in [0.3, 0.4) is 0 Å². The highest BCUT2D eigenvalue weighted by Gasteiger charge is 2.05. The van der Waals surface area contributed by atoms with Crippen LogP contribution in [-0.4, -0.2) is 25.8 Å². The Kier molecular flexibility index (Phi) is 5.75. The summed E-state index contributed by atoms with van der Waals surface area (Å²) in [7, 11) is 1.50. The van der Waals surface area contributed by atoms with Gasteiger partial charge in [-0.3, -0.25) is 4.79 Å². The Hall–Kier alpha value is -3.53. The van der Waals surface area contributed by atoms with E-state index in [0.29, 0.717) is 28.3 Å². The van der Waals surface area contributed by atoms with Gasteiger partial charge in [0, 0.05) is 11.3 Å². The second-order valence-electron chi connectivity index (χ2n) is 4.68. The molecule has 0 saturated carbocycles. The Bertz CT molecular complexity index is 779. The van der Waals surface area contributed by atoms with E-state index in [-0.39, 0.29) is 12.5 Å². The van der Waals surface area contributed by atoms with E-state index in [1.54, 1.807) is 42.5 Å². The molecule has 0 atom stereocenters. The lowest BCUT2D eigenvalue weighted by Crippen LogP contribution is -2.17. The van der Waals surface area contributed by atoms with Gasteiger partial charge in [-0.05, 0) is 48.0 Å². The number of nitrogens with two attached hydrogens (primary N) is 1. The molecule has 122 valence electrons. The minimum Gasteiger partial charge on any atom is -0.493 e. The molecule has 2 aromatic carbocycles. The highest BCUT2D eigenvalue weighted by molar-refractivity contribution is 5.95. The summed E-state index contributed by atoms with van der Waals surface area (Å²) in [6.45, 7) is -0.0680. The summed E-state index contributed by atoms with van der Waals surface area (Å²) in [5.41, 5.74) is 9.74. The number of hydrogen-bond donors (Lipinski definition) is 2. The van der Waals surface area contributed by atoms with Gasteiger partial charge in [-0.25, -0.2) is 5.43 Å². The number of hydrazone groups is 1. The van der Waals surface area contributed by atoms with E-state index in [1.807, 2.05) is 6.07 Å². The maximum absolute atomic E-state index is 11.9. The van der Waals surface area contributed by atoms with Crippen molar-refractivity contribution in [2.75, 3.05) is 19.5 Å². The molecule has 0 spiro atoms. The predicted molar refractivity (Wildman–Crippen MR) is 90.0 cm³/mol. The summed E-state index contributed by atoms with van der Waals surface area (Å²) < 4.78 is 10.4. The van der Waals surface area contributed by atoms with Crippen LogP contribution in [0.25, 0.3) is 0 Å². The first-order chi connectivity index (χ1) is 11.6. The maximum atomic E-state index is 11.9. The Morgan fingerprint density at radius 1 is 1.29 bits per heavy atom. The second-order valence-corrected chi connectivity index (χ2v) is 4.68. The summed E-state index contributed by atoms with van der Waals surface area (Å²) >= 11 is 0. The topological polar surface area (TPSA) is 110 Å². The van der Waals surface area contributed by atoms with Gasteiger partial charge in [-0.2, -0.15) is 10.4 Å². The first-order valence-electron chi connectivity index (χ1n) is 7.01. The third-order valence-electron chi connectivity index (χ3n) is 3.03. The van der Waals surface area contributed by atoms with Crippen LogP contribution in [0.4, 0.5) is 5.69 Å². The van der Waals surface area contributed by atoms with Crippen molar-refractivity contribution < 1.29 is 14.3 Å². The highest BCUT2D eigenvalue weighted by atomic mass is 16.5. The molecular formula is C17H16N4O3. The van der Waals surface area contributed by atoms with Crippen molar-refractivity contribution in [2.45, 2.75) is 0 Å². The number of nitrogens with one attached hydrogen (secondary N) is 1. The van der Waals surface area contributed by atoms with Crippen molar-refractivity contribution in [3.8, 4) is 17.6 Å². The van der Waals surface area contributed by atoms with Gasteiger partial charge in [0.25, 0.3) is 5.91 Å². The quantitative estimate of drug-likeness (QED) is 0.479. The minimum absolute atomic E-state index is 0.0680. The van der Waals surface area contributed by atoms with Crippen molar-refractivity contribution >= 4 is 17.8 Å². The van der Waals surface area contributed by atoms with Gasteiger partial charge in [-0.1, -0.05) is 0 Å². The zero-order chi connectivity index (χ0) is 17.4. The zero-order valence-corrected chi connectivity index (χ0v) is 13.0. The SMILES string of the molecule is COc1cc(/C=N/NC(=O)c2ccc(N)cc2)ccc1OCC#N. The molecule has 2 rings (SSSR count). The molecule has 0 bridgehead atoms. The number of carbonyl (C=O) groups excluding carboxylic acids is 1. The molecule has 2 aromatic rings. The Balaban J connectivity index is 2.02. The average molecular weight is 324 g/mol. The molecule has 0 radical (unpaired) electrons. The number of amides is 1. The fourth-order valence-electron chi connectivity index (χ4n) is 1.86. The minimum atomic E-state index is -0.341. The summed E-state index contributed by atoms with van der Waals surface area (Å²) in [6.07, 6.45) is 1.48. The number of nitriles is 1. The molecule has 0 fully saturated rings. The molecule has 0 saturated heterocycles. The molecule has 0 aliphatic carbocycles. The third-order valence-corrected chi connectivity index (χ3v) is 3.03. The Labute approximate surface area is 139 Å². The first-order valence-corrected chi connectivity index (χ1v) is 7.01. The molecular weight excluding hydrogens is 308 g/mol. The van der Waals surface area contributed by atoms with E-state index in [4.69, 9.17) is 20.5 Å². The van der Waals surface area contributed by atoms with Gasteiger partial charge in [0.15, 0.2) is 18.1 Å². The summed E-state index contributed by atoms with van der Waals surface area (Å²) in [5.74, 6) is 0.591. The van der Waals surface area contributed by atoms with E-state index in [1.165, 1.54) is 13.3 Å². The third kappa shape index (κ3) is 4.48. The molecule has 24 heavy (non-hydrogen) atoms. The summed E-state index contributed by atoms with van der Waals surface area (Å²) in [5, 5.41) is 12.4. The van der Waals surface area contributed by atoms with E-state index >= 15 is 0 Å². The van der Waals surface area contributed by atoms with Crippen molar-refractivity contribution in [3.63, 3.8) is 0 Å². The number of ether oxygens (including phenoxy) is 2. The molecule has 7 heteroatoms. The number of rotatable bonds is 6. The lowest BCUT2D eigenvalue weighted by Gasteiger charge is -2.08. The van der Waals surface area contributed by atoms with Crippen LogP contribution in [-0.2, 0) is 0 Å². The van der Waals surface area contributed by atoms with Gasteiger partial charge in [0.2, 0.25) is 0 Å². The zero-order valence-electron chi connectivity index (χ0n) is 13.0. The van der Waals surface area contributed by atoms with E-state index < -0.39 is 0 Å². The summed E-state index contributed by atoms with van der Waals surface area (Å²) in [4.78, 5) is 11.9. The molecule has 0 heterocycles. The van der Waals surface area contributed by atoms with Gasteiger partial charge in [-0.15, -0.1) is 0 Å². The van der Waals surface area contributed by atoms with Crippen molar-refractivity contribution in [1.29, 1.82) is 5.26 Å². The molecule has 0 aromatic heterocycles. The number of methoxy groups -OCH3 is 1. The molecule has 0 aliphatic rings. The van der Waals surface area contributed by atoms with Gasteiger partial charge < -0.3 is 15.2 Å². The highest BCUT2D eigenvalue weighted by Crippen LogP contribution is 2.27. The number of nitrogen functional groups attached to an aromatic ring is 1. The lowest BCUT2D eigenvalue weighted by molar-refractivity contribution is 0.0955. The van der Waals surface area contributed by atoms with Crippen LogP contribution < -0.4 is 20.6 Å². The number of hydrogen-bond acceptors (Lipinski definition) is 6. The van der Waals surface area contributed by atoms with Gasteiger partial charge >= 0.3 is 0 Å². The smallest absolute Gasteiger partial charge is 0.271 e. The van der Waals surface area contributed by atoms with E-state index in [0.717, 1.165) is 0 Å².